The summed E-state index contributed by atoms with van der Waals surface area (Å²) in [6.07, 6.45) is 5.12. The molecule has 0 saturated carbocycles. The molecule has 0 saturated heterocycles. The molecule has 0 spiro atoms. The lowest BCUT2D eigenvalue weighted by Crippen LogP contribution is -2.44. The van der Waals surface area contributed by atoms with Crippen LogP contribution in [0.4, 0.5) is 0 Å². The molecule has 9 heteroatoms. The maximum Gasteiger partial charge on any atom is 0.343 e. The van der Waals surface area contributed by atoms with Crippen LogP contribution in [0, 0.1) is 0 Å². The third kappa shape index (κ3) is 3.31. The molecule has 1 aromatic carbocycles. The van der Waals surface area contributed by atoms with Crippen LogP contribution in [0.15, 0.2) is 64.8 Å². The Morgan fingerprint density at radius 1 is 1.19 bits per heavy atom. The Labute approximate surface area is 205 Å². The highest BCUT2D eigenvalue weighted by Gasteiger charge is 2.45. The number of hydrogen-bond donors (Lipinski definition) is 1. The van der Waals surface area contributed by atoms with Gasteiger partial charge in [0, 0.05) is 34.5 Å². The largest absolute Gasteiger partial charge is 0.458 e. The van der Waals surface area contributed by atoms with Crippen LogP contribution in [0.3, 0.4) is 0 Å². The summed E-state index contributed by atoms with van der Waals surface area (Å²) in [4.78, 5) is 40.3. The van der Waals surface area contributed by atoms with E-state index in [1.807, 2.05) is 36.4 Å². The predicted octanol–water partition coefficient (Wildman–Crippen LogP) is 3.03. The number of benzene rings is 1. The van der Waals surface area contributed by atoms with Crippen molar-refractivity contribution in [3.05, 3.63) is 93.0 Å². The Morgan fingerprint density at radius 2 is 2.00 bits per heavy atom. The highest BCUT2D eigenvalue weighted by atomic mass is 16.6. The number of carbonyl (C=O) groups is 1. The third-order valence-electron chi connectivity index (χ3n) is 6.88. The first kappa shape index (κ1) is 22.1. The second-order valence-corrected chi connectivity index (χ2v) is 8.84. The number of hydrogen-bond acceptors (Lipinski definition) is 8. The molecule has 0 fully saturated rings. The molecule has 1 N–H and O–H groups in total. The molecule has 0 amide bonds. The number of aliphatic hydroxyl groups is 1. The van der Waals surface area contributed by atoms with Gasteiger partial charge in [-0.3, -0.25) is 9.78 Å². The molecule has 0 unspecified atom stereocenters. The Hall–Kier alpha value is -4.37. The fourth-order valence-electron chi connectivity index (χ4n) is 4.89. The SMILES string of the molecule is CC[C@@]1(O)C(=O)OCc2c1cc1n(c2=O)Cc2c-1nc1ccccc1c2C=NOCc1ccncc1. The lowest BCUT2D eigenvalue weighted by molar-refractivity contribution is -0.172. The van der Waals surface area contributed by atoms with Crippen molar-refractivity contribution in [2.45, 2.75) is 38.7 Å². The van der Waals surface area contributed by atoms with Gasteiger partial charge in [-0.05, 0) is 36.2 Å². The zero-order valence-electron chi connectivity index (χ0n) is 19.5. The van der Waals surface area contributed by atoms with Gasteiger partial charge in [0.2, 0.25) is 0 Å². The molecule has 4 aromatic rings. The molecule has 0 aliphatic carbocycles. The maximum atomic E-state index is 13.5. The molecule has 36 heavy (non-hydrogen) atoms. The number of esters is 1. The van der Waals surface area contributed by atoms with Crippen LogP contribution in [-0.2, 0) is 39.7 Å². The third-order valence-corrected chi connectivity index (χ3v) is 6.88. The summed E-state index contributed by atoms with van der Waals surface area (Å²) in [6, 6.07) is 13.1. The fraction of sp³-hybridized carbons (Fsp3) is 0.222. The summed E-state index contributed by atoms with van der Waals surface area (Å²) >= 11 is 0. The second kappa shape index (κ2) is 8.39. The smallest absolute Gasteiger partial charge is 0.343 e. The molecule has 2 aliphatic rings. The van der Waals surface area contributed by atoms with Gasteiger partial charge < -0.3 is 19.2 Å². The molecule has 2 aliphatic heterocycles. The molecule has 3 aromatic heterocycles. The number of nitrogens with zero attached hydrogens (tertiary/aromatic N) is 4. The molecule has 180 valence electrons. The first-order valence-electron chi connectivity index (χ1n) is 11.6. The topological polar surface area (TPSA) is 116 Å². The van der Waals surface area contributed by atoms with E-state index in [9.17, 15) is 14.7 Å². The number of fused-ring (bicyclic) bond motifs is 5. The first-order chi connectivity index (χ1) is 17.5. The second-order valence-electron chi connectivity index (χ2n) is 8.84. The molecule has 5 heterocycles. The fourth-order valence-corrected chi connectivity index (χ4v) is 4.89. The summed E-state index contributed by atoms with van der Waals surface area (Å²) in [5.41, 5.74) is 2.85. The lowest BCUT2D eigenvalue weighted by Gasteiger charge is -2.31. The van der Waals surface area contributed by atoms with E-state index in [1.54, 1.807) is 36.2 Å². The van der Waals surface area contributed by atoms with Gasteiger partial charge in [0.05, 0.1) is 35.2 Å². The van der Waals surface area contributed by atoms with Crippen molar-refractivity contribution >= 4 is 23.1 Å². The Balaban J connectivity index is 1.47. The van der Waals surface area contributed by atoms with Crippen molar-refractivity contribution in [2.75, 3.05) is 0 Å². The van der Waals surface area contributed by atoms with Crippen molar-refractivity contribution in [3.8, 4) is 11.4 Å². The van der Waals surface area contributed by atoms with Crippen LogP contribution >= 0.6 is 0 Å². The van der Waals surface area contributed by atoms with Gasteiger partial charge >= 0.3 is 5.97 Å². The minimum Gasteiger partial charge on any atom is -0.458 e. The molecule has 0 bridgehead atoms. The minimum absolute atomic E-state index is 0.0897. The maximum absolute atomic E-state index is 13.5. The minimum atomic E-state index is -1.87. The van der Waals surface area contributed by atoms with Crippen molar-refractivity contribution in [2.24, 2.45) is 5.16 Å². The summed E-state index contributed by atoms with van der Waals surface area (Å²) in [5.74, 6) is -0.745. The van der Waals surface area contributed by atoms with E-state index < -0.39 is 11.6 Å². The average molecular weight is 482 g/mol. The molecular weight excluding hydrogens is 460 g/mol. The number of rotatable bonds is 5. The van der Waals surface area contributed by atoms with Gasteiger partial charge in [-0.25, -0.2) is 9.78 Å². The highest BCUT2D eigenvalue weighted by molar-refractivity contribution is 6.02. The first-order valence-corrected chi connectivity index (χ1v) is 11.6. The molecular formula is C27H22N4O5. The van der Waals surface area contributed by atoms with Gasteiger partial charge in [-0.2, -0.15) is 0 Å². The van der Waals surface area contributed by atoms with Crippen LogP contribution in [0.1, 0.15) is 41.2 Å². The van der Waals surface area contributed by atoms with Crippen molar-refractivity contribution in [3.63, 3.8) is 0 Å². The van der Waals surface area contributed by atoms with Crippen LogP contribution in [-0.4, -0.2) is 31.8 Å². The number of para-hydroxylation sites is 1. The predicted molar refractivity (Wildman–Crippen MR) is 131 cm³/mol. The number of cyclic esters (lactones) is 1. The number of aromatic nitrogens is 3. The molecule has 9 nitrogen and oxygen atoms in total. The van der Waals surface area contributed by atoms with Gasteiger partial charge in [-0.1, -0.05) is 30.3 Å². The standard InChI is InChI=1S/C27H22N4O5/c1-2-27(34)21-11-23-24-19(13-31(23)25(32)20(21)15-35-26(27)33)18(17-5-3-4-6-22(17)30-24)12-29-36-14-16-7-9-28-10-8-16/h3-12,34H,2,13-15H2,1H3/t27-/m0/s1. The summed E-state index contributed by atoms with van der Waals surface area (Å²) in [5, 5.41) is 16.2. The Kier molecular flexibility index (Phi) is 5.15. The quantitative estimate of drug-likeness (QED) is 0.233. The monoisotopic (exact) mass is 482 g/mol. The number of oxime groups is 1. The Bertz CT molecular complexity index is 1610. The van der Waals surface area contributed by atoms with E-state index in [-0.39, 0.29) is 36.3 Å². The van der Waals surface area contributed by atoms with E-state index in [0.29, 0.717) is 18.0 Å². The number of pyridine rings is 3. The van der Waals surface area contributed by atoms with Crippen LogP contribution in [0.25, 0.3) is 22.3 Å². The van der Waals surface area contributed by atoms with E-state index >= 15 is 0 Å². The molecule has 0 radical (unpaired) electrons. The number of ether oxygens (including phenoxy) is 1. The normalized spacial score (nSPS) is 18.1. The average Bonchev–Trinajstić information content (AvgIpc) is 3.28. The van der Waals surface area contributed by atoms with Crippen LogP contribution in [0.2, 0.25) is 0 Å². The van der Waals surface area contributed by atoms with E-state index in [2.05, 4.69) is 10.1 Å². The number of carbonyl (C=O) groups excluding carboxylic acids is 1. The highest BCUT2D eigenvalue weighted by Crippen LogP contribution is 2.39. The van der Waals surface area contributed by atoms with Crippen LogP contribution < -0.4 is 5.56 Å². The Morgan fingerprint density at radius 3 is 2.81 bits per heavy atom. The summed E-state index contributed by atoms with van der Waals surface area (Å²) in [6.45, 7) is 2.08. The van der Waals surface area contributed by atoms with Crippen molar-refractivity contribution in [1.29, 1.82) is 0 Å². The summed E-state index contributed by atoms with van der Waals surface area (Å²) in [7, 11) is 0. The van der Waals surface area contributed by atoms with E-state index in [4.69, 9.17) is 14.6 Å². The zero-order chi connectivity index (χ0) is 24.9. The van der Waals surface area contributed by atoms with Crippen molar-refractivity contribution < 1.29 is 19.5 Å². The van der Waals surface area contributed by atoms with E-state index in [1.165, 1.54) is 0 Å². The lowest BCUT2D eigenvalue weighted by atomic mass is 9.86. The van der Waals surface area contributed by atoms with Crippen LogP contribution in [0.5, 0.6) is 0 Å². The summed E-state index contributed by atoms with van der Waals surface area (Å²) < 4.78 is 6.77. The van der Waals surface area contributed by atoms with Gasteiger partial charge in [0.25, 0.3) is 5.56 Å². The van der Waals surface area contributed by atoms with Gasteiger partial charge in [-0.15, -0.1) is 0 Å². The zero-order valence-corrected chi connectivity index (χ0v) is 19.5. The van der Waals surface area contributed by atoms with Crippen molar-refractivity contribution in [1.82, 2.24) is 14.5 Å². The molecule has 1 atom stereocenters. The molecule has 6 rings (SSSR count). The van der Waals surface area contributed by atoms with Gasteiger partial charge in [0.1, 0.15) is 13.2 Å². The van der Waals surface area contributed by atoms with E-state index in [0.717, 1.165) is 27.6 Å². The van der Waals surface area contributed by atoms with Gasteiger partial charge in [0.15, 0.2) is 5.60 Å².